The van der Waals surface area contributed by atoms with Gasteiger partial charge in [-0.15, -0.1) is 0 Å². The average molecular weight is 268 g/mol. The summed E-state index contributed by atoms with van der Waals surface area (Å²) in [6, 6.07) is 1.48. The van der Waals surface area contributed by atoms with Gasteiger partial charge in [0.2, 0.25) is 6.43 Å². The highest BCUT2D eigenvalue weighted by molar-refractivity contribution is 6.32. The number of rotatable bonds is 5. The van der Waals surface area contributed by atoms with Crippen molar-refractivity contribution >= 4 is 11.6 Å². The summed E-state index contributed by atoms with van der Waals surface area (Å²) in [7, 11) is 0. The lowest BCUT2D eigenvalue weighted by atomic mass is 10.0. The molecule has 96 valence electrons. The fourth-order valence-electron chi connectivity index (χ4n) is 1.40. The van der Waals surface area contributed by atoms with Crippen LogP contribution in [0.1, 0.15) is 24.9 Å². The predicted molar refractivity (Wildman–Crippen MR) is 60.1 cm³/mol. The van der Waals surface area contributed by atoms with Gasteiger partial charge in [-0.3, -0.25) is 0 Å². The van der Waals surface area contributed by atoms with Gasteiger partial charge in [0.1, 0.15) is 0 Å². The van der Waals surface area contributed by atoms with E-state index in [2.05, 4.69) is 0 Å². The van der Waals surface area contributed by atoms with Crippen LogP contribution >= 0.6 is 11.6 Å². The minimum atomic E-state index is -2.54. The van der Waals surface area contributed by atoms with E-state index in [1.54, 1.807) is 6.92 Å². The SMILES string of the molecule is CCOc1c(F)cc([C@H](N)CC(F)F)cc1Cl. The number of halogens is 4. The first kappa shape index (κ1) is 14.1. The Kier molecular flexibility index (Phi) is 5.08. The average Bonchev–Trinajstić information content (AvgIpc) is 2.22. The van der Waals surface area contributed by atoms with Crippen LogP contribution in [0.3, 0.4) is 0 Å². The molecule has 0 saturated heterocycles. The van der Waals surface area contributed by atoms with Crippen LogP contribution in [0.5, 0.6) is 5.75 Å². The summed E-state index contributed by atoms with van der Waals surface area (Å²) in [4.78, 5) is 0. The van der Waals surface area contributed by atoms with Gasteiger partial charge in [0.15, 0.2) is 11.6 Å². The Labute approximate surface area is 103 Å². The van der Waals surface area contributed by atoms with Crippen LogP contribution in [0.4, 0.5) is 13.2 Å². The molecule has 1 aromatic rings. The lowest BCUT2D eigenvalue weighted by molar-refractivity contribution is 0.128. The van der Waals surface area contributed by atoms with E-state index in [1.807, 2.05) is 0 Å². The highest BCUT2D eigenvalue weighted by Crippen LogP contribution is 2.32. The fraction of sp³-hybridized carbons (Fsp3) is 0.455. The molecule has 2 nitrogen and oxygen atoms in total. The summed E-state index contributed by atoms with van der Waals surface area (Å²) in [5, 5.41) is 0.0339. The predicted octanol–water partition coefficient (Wildman–Crippen LogP) is 3.53. The van der Waals surface area contributed by atoms with Crippen LogP contribution in [-0.4, -0.2) is 13.0 Å². The minimum Gasteiger partial charge on any atom is -0.489 e. The van der Waals surface area contributed by atoms with Crippen LogP contribution in [-0.2, 0) is 0 Å². The summed E-state index contributed by atoms with van der Waals surface area (Å²) in [5.41, 5.74) is 5.74. The maximum absolute atomic E-state index is 13.5. The summed E-state index contributed by atoms with van der Waals surface area (Å²) >= 11 is 5.79. The third-order valence-corrected chi connectivity index (χ3v) is 2.45. The van der Waals surface area contributed by atoms with Gasteiger partial charge in [-0.25, -0.2) is 13.2 Å². The first-order valence-corrected chi connectivity index (χ1v) is 5.49. The van der Waals surface area contributed by atoms with Crippen molar-refractivity contribution in [3.63, 3.8) is 0 Å². The van der Waals surface area contributed by atoms with Crippen LogP contribution in [0, 0.1) is 5.82 Å². The maximum atomic E-state index is 13.5. The van der Waals surface area contributed by atoms with E-state index < -0.39 is 24.7 Å². The van der Waals surface area contributed by atoms with Gasteiger partial charge in [0, 0.05) is 12.5 Å². The fourth-order valence-corrected chi connectivity index (χ4v) is 1.67. The molecule has 0 aliphatic heterocycles. The van der Waals surface area contributed by atoms with Gasteiger partial charge < -0.3 is 10.5 Å². The lowest BCUT2D eigenvalue weighted by Gasteiger charge is -2.14. The molecule has 0 radical (unpaired) electrons. The monoisotopic (exact) mass is 267 g/mol. The van der Waals surface area contributed by atoms with Crippen LogP contribution in [0.2, 0.25) is 5.02 Å². The first-order valence-electron chi connectivity index (χ1n) is 5.11. The van der Waals surface area contributed by atoms with Gasteiger partial charge in [0.05, 0.1) is 11.6 Å². The van der Waals surface area contributed by atoms with Gasteiger partial charge in [-0.1, -0.05) is 11.6 Å². The highest BCUT2D eigenvalue weighted by atomic mass is 35.5. The quantitative estimate of drug-likeness (QED) is 0.886. The molecule has 0 unspecified atom stereocenters. The van der Waals surface area contributed by atoms with E-state index in [0.29, 0.717) is 0 Å². The number of alkyl halides is 2. The largest absolute Gasteiger partial charge is 0.489 e. The highest BCUT2D eigenvalue weighted by Gasteiger charge is 2.17. The summed E-state index contributed by atoms with van der Waals surface area (Å²) in [6.07, 6.45) is -3.08. The summed E-state index contributed by atoms with van der Waals surface area (Å²) in [6.45, 7) is 1.95. The molecule has 1 rings (SSSR count). The molecule has 0 heterocycles. The molecule has 2 N–H and O–H groups in total. The standard InChI is InChI=1S/C11H13ClF3NO/c1-2-17-11-7(12)3-6(4-8(11)13)9(16)5-10(14)15/h3-4,9-10H,2,5,16H2,1H3/t9-/m1/s1. The van der Waals surface area contributed by atoms with E-state index in [1.165, 1.54) is 6.07 Å². The second-order valence-electron chi connectivity index (χ2n) is 3.48. The van der Waals surface area contributed by atoms with Gasteiger partial charge in [-0.05, 0) is 24.6 Å². The second kappa shape index (κ2) is 6.12. The van der Waals surface area contributed by atoms with Crippen molar-refractivity contribution in [2.45, 2.75) is 25.8 Å². The van der Waals surface area contributed by atoms with Gasteiger partial charge >= 0.3 is 0 Å². The van der Waals surface area contributed by atoms with E-state index >= 15 is 0 Å². The third-order valence-electron chi connectivity index (χ3n) is 2.17. The Morgan fingerprint density at radius 1 is 1.41 bits per heavy atom. The Bertz CT molecular complexity index is 364. The third kappa shape index (κ3) is 3.78. The van der Waals surface area contributed by atoms with Crippen molar-refractivity contribution in [1.29, 1.82) is 0 Å². The maximum Gasteiger partial charge on any atom is 0.240 e. The zero-order chi connectivity index (χ0) is 13.0. The summed E-state index contributed by atoms with van der Waals surface area (Å²) < 4.78 is 42.8. The van der Waals surface area contributed by atoms with E-state index in [-0.39, 0.29) is 22.9 Å². The Balaban J connectivity index is 2.97. The molecule has 1 atom stereocenters. The molecule has 1 aromatic carbocycles. The molecule has 0 aliphatic rings. The van der Waals surface area contributed by atoms with E-state index in [4.69, 9.17) is 22.1 Å². The molecule has 0 saturated carbocycles. The van der Waals surface area contributed by atoms with Crippen LogP contribution in [0.15, 0.2) is 12.1 Å². The normalized spacial score (nSPS) is 12.9. The van der Waals surface area contributed by atoms with Crippen molar-refractivity contribution in [1.82, 2.24) is 0 Å². The van der Waals surface area contributed by atoms with Crippen molar-refractivity contribution in [2.75, 3.05) is 6.61 Å². The molecular formula is C11H13ClF3NO. The Morgan fingerprint density at radius 2 is 2.06 bits per heavy atom. The topological polar surface area (TPSA) is 35.2 Å². The molecule has 17 heavy (non-hydrogen) atoms. The summed E-state index contributed by atoms with van der Waals surface area (Å²) in [5.74, 6) is -0.777. The van der Waals surface area contributed by atoms with Crippen molar-refractivity contribution in [2.24, 2.45) is 5.73 Å². The number of hydrogen-bond donors (Lipinski definition) is 1. The Hall–Kier alpha value is -0.940. The van der Waals surface area contributed by atoms with E-state index in [9.17, 15) is 13.2 Å². The van der Waals surface area contributed by atoms with Crippen molar-refractivity contribution in [3.8, 4) is 5.75 Å². The lowest BCUT2D eigenvalue weighted by Crippen LogP contribution is -2.14. The van der Waals surface area contributed by atoms with E-state index in [0.717, 1.165) is 6.07 Å². The zero-order valence-electron chi connectivity index (χ0n) is 9.22. The molecule has 0 aromatic heterocycles. The number of nitrogens with two attached hydrogens (primary N) is 1. The van der Waals surface area contributed by atoms with Gasteiger partial charge in [-0.2, -0.15) is 0 Å². The molecule has 6 heteroatoms. The minimum absolute atomic E-state index is 0.0339. The molecular weight excluding hydrogens is 255 g/mol. The van der Waals surface area contributed by atoms with Crippen molar-refractivity contribution in [3.05, 3.63) is 28.5 Å². The number of ether oxygens (including phenoxy) is 1. The molecule has 0 amide bonds. The molecule has 0 spiro atoms. The van der Waals surface area contributed by atoms with Crippen LogP contribution < -0.4 is 10.5 Å². The second-order valence-corrected chi connectivity index (χ2v) is 3.89. The number of benzene rings is 1. The van der Waals surface area contributed by atoms with Gasteiger partial charge in [0.25, 0.3) is 0 Å². The molecule has 0 fully saturated rings. The number of hydrogen-bond acceptors (Lipinski definition) is 2. The van der Waals surface area contributed by atoms with Crippen molar-refractivity contribution < 1.29 is 17.9 Å². The smallest absolute Gasteiger partial charge is 0.240 e. The zero-order valence-corrected chi connectivity index (χ0v) is 9.98. The first-order chi connectivity index (χ1) is 7.95. The molecule has 0 aliphatic carbocycles. The van der Waals surface area contributed by atoms with Crippen LogP contribution in [0.25, 0.3) is 0 Å². The molecule has 0 bridgehead atoms. The Morgan fingerprint density at radius 3 is 2.53 bits per heavy atom.